The molecule has 0 bridgehead atoms. The quantitative estimate of drug-likeness (QED) is 0.806. The summed E-state index contributed by atoms with van der Waals surface area (Å²) < 4.78 is 30.3. The molecular formula is C19H24N2O4S. The first-order chi connectivity index (χ1) is 12.3. The van der Waals surface area contributed by atoms with Crippen molar-refractivity contribution < 1.29 is 17.9 Å². The molecule has 0 saturated heterocycles. The van der Waals surface area contributed by atoms with Crippen LogP contribution in [0.15, 0.2) is 48.5 Å². The van der Waals surface area contributed by atoms with Gasteiger partial charge in [-0.05, 0) is 49.7 Å². The predicted octanol–water partition coefficient (Wildman–Crippen LogP) is 2.97. The highest BCUT2D eigenvalue weighted by Gasteiger charge is 2.18. The van der Waals surface area contributed by atoms with E-state index in [1.807, 2.05) is 31.2 Å². The summed E-state index contributed by atoms with van der Waals surface area (Å²) in [5, 5.41) is 2.92. The van der Waals surface area contributed by atoms with Crippen LogP contribution in [0.4, 0.5) is 5.69 Å². The van der Waals surface area contributed by atoms with Gasteiger partial charge in [0.15, 0.2) is 0 Å². The van der Waals surface area contributed by atoms with E-state index in [0.29, 0.717) is 11.3 Å². The SMILES string of the molecule is CCS(=O)(=O)N(C)c1cccc(C(=O)N[C@@H](C)c2ccc(OC)cc2)c1. The number of sulfonamides is 1. The zero-order chi connectivity index (χ0) is 19.3. The van der Waals surface area contributed by atoms with Crippen LogP contribution in [0.5, 0.6) is 5.75 Å². The van der Waals surface area contributed by atoms with Crippen LogP contribution in [0.2, 0.25) is 0 Å². The maximum atomic E-state index is 12.5. The lowest BCUT2D eigenvalue weighted by molar-refractivity contribution is 0.0940. The van der Waals surface area contributed by atoms with Gasteiger partial charge < -0.3 is 10.1 Å². The molecule has 0 aromatic heterocycles. The van der Waals surface area contributed by atoms with E-state index in [1.165, 1.54) is 11.4 Å². The number of anilines is 1. The molecule has 0 spiro atoms. The Labute approximate surface area is 154 Å². The Hall–Kier alpha value is -2.54. The first-order valence-electron chi connectivity index (χ1n) is 8.30. The average Bonchev–Trinajstić information content (AvgIpc) is 2.67. The lowest BCUT2D eigenvalue weighted by Gasteiger charge is -2.19. The van der Waals surface area contributed by atoms with Crippen molar-refractivity contribution in [3.63, 3.8) is 0 Å². The van der Waals surface area contributed by atoms with Crippen LogP contribution in [0.1, 0.15) is 35.8 Å². The third kappa shape index (κ3) is 4.54. The molecule has 2 aromatic carbocycles. The summed E-state index contributed by atoms with van der Waals surface area (Å²) in [5.74, 6) is 0.478. The number of carbonyl (C=O) groups is 1. The fourth-order valence-corrected chi connectivity index (χ4v) is 3.28. The monoisotopic (exact) mass is 376 g/mol. The van der Waals surface area contributed by atoms with Gasteiger partial charge in [-0.3, -0.25) is 9.10 Å². The third-order valence-corrected chi connectivity index (χ3v) is 5.99. The van der Waals surface area contributed by atoms with Gasteiger partial charge >= 0.3 is 0 Å². The Kier molecular flexibility index (Phi) is 6.26. The van der Waals surface area contributed by atoms with Gasteiger partial charge in [0.05, 0.1) is 24.6 Å². The van der Waals surface area contributed by atoms with Crippen molar-refractivity contribution in [1.29, 1.82) is 0 Å². The second kappa shape index (κ2) is 8.23. The van der Waals surface area contributed by atoms with E-state index in [9.17, 15) is 13.2 Å². The molecule has 0 aliphatic rings. The standard InChI is InChI=1S/C19H24N2O4S/c1-5-26(23,24)21(3)17-8-6-7-16(13-17)19(22)20-14(2)15-9-11-18(25-4)12-10-15/h6-14H,5H2,1-4H3,(H,20,22)/t14-/m0/s1. The molecule has 2 aromatic rings. The highest BCUT2D eigenvalue weighted by Crippen LogP contribution is 2.20. The van der Waals surface area contributed by atoms with Crippen molar-refractivity contribution in [2.24, 2.45) is 0 Å². The molecule has 0 heterocycles. The molecule has 0 radical (unpaired) electrons. The molecule has 26 heavy (non-hydrogen) atoms. The van der Waals surface area contributed by atoms with Crippen LogP contribution in [0.25, 0.3) is 0 Å². The Balaban J connectivity index is 2.15. The van der Waals surface area contributed by atoms with Crippen LogP contribution in [0, 0.1) is 0 Å². The molecule has 6 nitrogen and oxygen atoms in total. The van der Waals surface area contributed by atoms with Crippen molar-refractivity contribution in [3.05, 3.63) is 59.7 Å². The highest BCUT2D eigenvalue weighted by atomic mass is 32.2. The minimum Gasteiger partial charge on any atom is -0.497 e. The van der Waals surface area contributed by atoms with E-state index >= 15 is 0 Å². The summed E-state index contributed by atoms with van der Waals surface area (Å²) >= 11 is 0. The number of nitrogens with zero attached hydrogens (tertiary/aromatic N) is 1. The van der Waals surface area contributed by atoms with Crippen molar-refractivity contribution in [3.8, 4) is 5.75 Å². The van der Waals surface area contributed by atoms with Gasteiger partial charge in [0.2, 0.25) is 10.0 Å². The van der Waals surface area contributed by atoms with Gasteiger partial charge in [-0.1, -0.05) is 18.2 Å². The molecule has 1 amide bonds. The van der Waals surface area contributed by atoms with Gasteiger partial charge in [-0.15, -0.1) is 0 Å². The van der Waals surface area contributed by atoms with Crippen LogP contribution in [0.3, 0.4) is 0 Å². The number of hydrogen-bond donors (Lipinski definition) is 1. The molecule has 0 saturated carbocycles. The molecule has 2 rings (SSSR count). The first kappa shape index (κ1) is 19.8. The first-order valence-corrected chi connectivity index (χ1v) is 9.91. The Morgan fingerprint density at radius 2 is 1.85 bits per heavy atom. The smallest absolute Gasteiger partial charge is 0.251 e. The maximum Gasteiger partial charge on any atom is 0.251 e. The molecule has 0 unspecified atom stereocenters. The number of rotatable bonds is 7. The number of benzene rings is 2. The van der Waals surface area contributed by atoms with Gasteiger partial charge in [0.25, 0.3) is 5.91 Å². The zero-order valence-electron chi connectivity index (χ0n) is 15.4. The van der Waals surface area contributed by atoms with Crippen LogP contribution in [-0.4, -0.2) is 34.2 Å². The third-order valence-electron chi connectivity index (χ3n) is 4.22. The van der Waals surface area contributed by atoms with E-state index in [1.54, 1.807) is 38.3 Å². The molecule has 1 N–H and O–H groups in total. The van der Waals surface area contributed by atoms with Crippen LogP contribution < -0.4 is 14.4 Å². The predicted molar refractivity (Wildman–Crippen MR) is 103 cm³/mol. The highest BCUT2D eigenvalue weighted by molar-refractivity contribution is 7.92. The van der Waals surface area contributed by atoms with Gasteiger partial charge in [-0.25, -0.2) is 8.42 Å². The zero-order valence-corrected chi connectivity index (χ0v) is 16.2. The number of ether oxygens (including phenoxy) is 1. The number of nitrogens with one attached hydrogen (secondary N) is 1. The summed E-state index contributed by atoms with van der Waals surface area (Å²) in [4.78, 5) is 12.5. The number of amides is 1. The summed E-state index contributed by atoms with van der Waals surface area (Å²) in [6.45, 7) is 3.47. The summed E-state index contributed by atoms with van der Waals surface area (Å²) in [6, 6.07) is 13.8. The van der Waals surface area contributed by atoms with E-state index in [0.717, 1.165) is 11.3 Å². The molecule has 0 aliphatic heterocycles. The van der Waals surface area contributed by atoms with Crippen molar-refractivity contribution in [2.75, 3.05) is 24.2 Å². The second-order valence-electron chi connectivity index (χ2n) is 5.89. The average molecular weight is 376 g/mol. The molecule has 0 fully saturated rings. The molecule has 140 valence electrons. The molecular weight excluding hydrogens is 352 g/mol. The molecule has 1 atom stereocenters. The number of hydrogen-bond acceptors (Lipinski definition) is 4. The van der Waals surface area contributed by atoms with Crippen LogP contribution in [-0.2, 0) is 10.0 Å². The van der Waals surface area contributed by atoms with E-state index in [-0.39, 0.29) is 17.7 Å². The summed E-state index contributed by atoms with van der Waals surface area (Å²) in [7, 11) is -0.294. The topological polar surface area (TPSA) is 75.7 Å². The van der Waals surface area contributed by atoms with E-state index < -0.39 is 10.0 Å². The number of methoxy groups -OCH3 is 1. The van der Waals surface area contributed by atoms with Gasteiger partial charge in [0, 0.05) is 12.6 Å². The Bertz CT molecular complexity index is 863. The molecule has 7 heteroatoms. The van der Waals surface area contributed by atoms with E-state index in [4.69, 9.17) is 4.74 Å². The van der Waals surface area contributed by atoms with Crippen molar-refractivity contribution in [1.82, 2.24) is 5.32 Å². The maximum absolute atomic E-state index is 12.5. The second-order valence-corrected chi connectivity index (χ2v) is 8.18. The van der Waals surface area contributed by atoms with Gasteiger partial charge in [0.1, 0.15) is 5.75 Å². The fraction of sp³-hybridized carbons (Fsp3) is 0.316. The normalized spacial score (nSPS) is 12.3. The van der Waals surface area contributed by atoms with E-state index in [2.05, 4.69) is 5.32 Å². The Morgan fingerprint density at radius 1 is 1.19 bits per heavy atom. The summed E-state index contributed by atoms with van der Waals surface area (Å²) in [6.07, 6.45) is 0. The fourth-order valence-electron chi connectivity index (χ4n) is 2.45. The lowest BCUT2D eigenvalue weighted by atomic mass is 10.1. The van der Waals surface area contributed by atoms with Crippen molar-refractivity contribution >= 4 is 21.6 Å². The minimum atomic E-state index is -3.38. The largest absolute Gasteiger partial charge is 0.497 e. The number of carbonyl (C=O) groups excluding carboxylic acids is 1. The minimum absolute atomic E-state index is 0.00553. The molecule has 0 aliphatic carbocycles. The van der Waals surface area contributed by atoms with Crippen molar-refractivity contribution in [2.45, 2.75) is 19.9 Å². The summed E-state index contributed by atoms with van der Waals surface area (Å²) in [5.41, 5.74) is 1.80. The lowest BCUT2D eigenvalue weighted by Crippen LogP contribution is -2.29. The Morgan fingerprint density at radius 3 is 2.42 bits per heavy atom. The van der Waals surface area contributed by atoms with Gasteiger partial charge in [-0.2, -0.15) is 0 Å². The van der Waals surface area contributed by atoms with Crippen LogP contribution >= 0.6 is 0 Å².